The Hall–Kier alpha value is -0.570. The van der Waals surface area contributed by atoms with Gasteiger partial charge in [-0.1, -0.05) is 13.8 Å². The van der Waals surface area contributed by atoms with Gasteiger partial charge in [-0.3, -0.25) is 9.59 Å². The fraction of sp³-hybridized carbons (Fsp3) is 0.800. The molecule has 80 valence electrons. The van der Waals surface area contributed by atoms with Crippen LogP contribution in [0.4, 0.5) is 0 Å². The first kappa shape index (κ1) is 11.5. The predicted octanol–water partition coefficient (Wildman–Crippen LogP) is 1.79. The van der Waals surface area contributed by atoms with E-state index in [9.17, 15) is 9.59 Å². The molecule has 0 spiro atoms. The third-order valence-corrected chi connectivity index (χ3v) is 2.67. The van der Waals surface area contributed by atoms with E-state index in [1.807, 2.05) is 13.8 Å². The molecule has 1 saturated heterocycles. The zero-order valence-electron chi connectivity index (χ0n) is 8.62. The number of carbonyl (C=O) groups excluding carboxylic acids is 2. The number of likely N-dealkylation sites (tertiary alicyclic amines) is 1. The van der Waals surface area contributed by atoms with Gasteiger partial charge in [-0.15, -0.1) is 0 Å². The lowest BCUT2D eigenvalue weighted by Gasteiger charge is -2.22. The Kier molecular flexibility index (Phi) is 3.93. The van der Waals surface area contributed by atoms with Crippen LogP contribution in [0.25, 0.3) is 0 Å². The summed E-state index contributed by atoms with van der Waals surface area (Å²) in [5, 5.41) is -0.403. The zero-order valence-corrected chi connectivity index (χ0v) is 9.38. The van der Waals surface area contributed by atoms with Crippen LogP contribution in [-0.2, 0) is 9.59 Å². The van der Waals surface area contributed by atoms with E-state index in [1.165, 1.54) is 0 Å². The number of rotatable bonds is 3. The molecule has 3 nitrogen and oxygen atoms in total. The maximum atomic E-state index is 11.7. The summed E-state index contributed by atoms with van der Waals surface area (Å²) in [6, 6.07) is -0.372. The van der Waals surface area contributed by atoms with Crippen LogP contribution in [0, 0.1) is 5.92 Å². The lowest BCUT2D eigenvalue weighted by atomic mass is 10.1. The summed E-state index contributed by atoms with van der Waals surface area (Å²) >= 11 is 5.43. The highest BCUT2D eigenvalue weighted by Gasteiger charge is 2.32. The van der Waals surface area contributed by atoms with Crippen molar-refractivity contribution >= 4 is 22.8 Å². The summed E-state index contributed by atoms with van der Waals surface area (Å²) in [5.41, 5.74) is 0. The van der Waals surface area contributed by atoms with Crippen LogP contribution in [0.1, 0.15) is 33.1 Å². The third kappa shape index (κ3) is 2.71. The molecule has 1 unspecified atom stereocenters. The second-order valence-electron chi connectivity index (χ2n) is 4.15. The summed E-state index contributed by atoms with van der Waals surface area (Å²) in [6.07, 6.45) is 2.10. The fourth-order valence-electron chi connectivity index (χ4n) is 1.77. The molecule has 0 aromatic heterocycles. The minimum absolute atomic E-state index is 0.0523. The van der Waals surface area contributed by atoms with Gasteiger partial charge in [-0.25, -0.2) is 0 Å². The number of hydrogen-bond donors (Lipinski definition) is 0. The maximum absolute atomic E-state index is 11.7. The Bertz CT molecular complexity index is 240. The highest BCUT2D eigenvalue weighted by atomic mass is 35.5. The van der Waals surface area contributed by atoms with Gasteiger partial charge in [0, 0.05) is 13.0 Å². The van der Waals surface area contributed by atoms with Crippen molar-refractivity contribution in [1.82, 2.24) is 4.90 Å². The largest absolute Gasteiger partial charge is 0.331 e. The van der Waals surface area contributed by atoms with Gasteiger partial charge in [0.05, 0.1) is 0 Å². The van der Waals surface area contributed by atoms with Crippen LogP contribution >= 0.6 is 11.6 Å². The lowest BCUT2D eigenvalue weighted by molar-refractivity contribution is -0.136. The Morgan fingerprint density at radius 3 is 2.64 bits per heavy atom. The normalized spacial score (nSPS) is 21.7. The van der Waals surface area contributed by atoms with Crippen molar-refractivity contribution in [3.8, 4) is 0 Å². The van der Waals surface area contributed by atoms with Gasteiger partial charge in [-0.05, 0) is 30.4 Å². The Morgan fingerprint density at radius 2 is 2.14 bits per heavy atom. The number of nitrogens with zero attached hydrogens (tertiary/aromatic N) is 1. The van der Waals surface area contributed by atoms with E-state index < -0.39 is 5.24 Å². The van der Waals surface area contributed by atoms with Crippen molar-refractivity contribution in [2.24, 2.45) is 5.92 Å². The molecule has 1 fully saturated rings. The van der Waals surface area contributed by atoms with Gasteiger partial charge in [0.1, 0.15) is 6.04 Å². The predicted molar refractivity (Wildman–Crippen MR) is 55.1 cm³/mol. The second-order valence-corrected chi connectivity index (χ2v) is 4.52. The van der Waals surface area contributed by atoms with Crippen molar-refractivity contribution in [2.45, 2.75) is 39.2 Å². The van der Waals surface area contributed by atoms with E-state index in [4.69, 9.17) is 11.6 Å². The van der Waals surface area contributed by atoms with E-state index in [0.717, 1.165) is 6.42 Å². The molecule has 0 N–H and O–H groups in total. The van der Waals surface area contributed by atoms with Gasteiger partial charge in [0.2, 0.25) is 11.1 Å². The standard InChI is InChI=1S/C10H16ClNO2/c1-7(2)6-9(13)12-5-3-4-8(12)10(11)14/h7-8H,3-6H2,1-2H3. The van der Waals surface area contributed by atoms with Crippen LogP contribution in [0.3, 0.4) is 0 Å². The fourth-order valence-corrected chi connectivity index (χ4v) is 1.99. The van der Waals surface area contributed by atoms with Gasteiger partial charge < -0.3 is 4.90 Å². The molecular weight excluding hydrogens is 202 g/mol. The molecule has 1 amide bonds. The number of hydrogen-bond acceptors (Lipinski definition) is 2. The van der Waals surface area contributed by atoms with Crippen molar-refractivity contribution in [1.29, 1.82) is 0 Å². The summed E-state index contributed by atoms with van der Waals surface area (Å²) in [5.74, 6) is 0.380. The first-order valence-corrected chi connectivity index (χ1v) is 5.39. The molecular formula is C10H16ClNO2. The minimum Gasteiger partial charge on any atom is -0.331 e. The average Bonchev–Trinajstić information content (AvgIpc) is 2.49. The molecule has 1 aliphatic rings. The Labute approximate surface area is 89.4 Å². The van der Waals surface area contributed by atoms with Gasteiger partial charge in [-0.2, -0.15) is 0 Å². The van der Waals surface area contributed by atoms with Gasteiger partial charge >= 0.3 is 0 Å². The minimum atomic E-state index is -0.403. The van der Waals surface area contributed by atoms with Crippen LogP contribution in [0.5, 0.6) is 0 Å². The highest BCUT2D eigenvalue weighted by Crippen LogP contribution is 2.21. The van der Waals surface area contributed by atoms with Crippen molar-refractivity contribution in [3.05, 3.63) is 0 Å². The summed E-state index contributed by atoms with van der Waals surface area (Å²) < 4.78 is 0. The maximum Gasteiger partial charge on any atom is 0.244 e. The number of halogens is 1. The lowest BCUT2D eigenvalue weighted by Crippen LogP contribution is -2.39. The molecule has 1 atom stereocenters. The van der Waals surface area contributed by atoms with Gasteiger partial charge in [0.25, 0.3) is 0 Å². The van der Waals surface area contributed by atoms with Crippen molar-refractivity contribution in [3.63, 3.8) is 0 Å². The molecule has 0 radical (unpaired) electrons. The topological polar surface area (TPSA) is 37.4 Å². The van der Waals surface area contributed by atoms with E-state index in [1.54, 1.807) is 4.90 Å². The zero-order chi connectivity index (χ0) is 10.7. The second kappa shape index (κ2) is 4.78. The molecule has 1 heterocycles. The molecule has 0 saturated carbocycles. The summed E-state index contributed by atoms with van der Waals surface area (Å²) in [7, 11) is 0. The third-order valence-electron chi connectivity index (χ3n) is 2.42. The summed E-state index contributed by atoms with van der Waals surface area (Å²) in [6.45, 7) is 4.66. The van der Waals surface area contributed by atoms with Crippen molar-refractivity contribution < 1.29 is 9.59 Å². The molecule has 0 aliphatic carbocycles. The molecule has 1 rings (SSSR count). The average molecular weight is 218 g/mol. The monoisotopic (exact) mass is 217 g/mol. The molecule has 1 aliphatic heterocycles. The van der Waals surface area contributed by atoms with Crippen LogP contribution in [-0.4, -0.2) is 28.6 Å². The van der Waals surface area contributed by atoms with Crippen LogP contribution in [0.2, 0.25) is 0 Å². The molecule has 0 aromatic carbocycles. The number of carbonyl (C=O) groups is 2. The quantitative estimate of drug-likeness (QED) is 0.676. The van der Waals surface area contributed by atoms with E-state index in [2.05, 4.69) is 0 Å². The van der Waals surface area contributed by atoms with E-state index >= 15 is 0 Å². The molecule has 14 heavy (non-hydrogen) atoms. The SMILES string of the molecule is CC(C)CC(=O)N1CCCC1C(=O)Cl. The summed E-state index contributed by atoms with van der Waals surface area (Å²) in [4.78, 5) is 24.3. The first-order chi connectivity index (χ1) is 6.52. The smallest absolute Gasteiger partial charge is 0.244 e. The highest BCUT2D eigenvalue weighted by molar-refractivity contribution is 6.64. The van der Waals surface area contributed by atoms with E-state index in [-0.39, 0.29) is 11.9 Å². The number of amides is 1. The Balaban J connectivity index is 2.58. The first-order valence-electron chi connectivity index (χ1n) is 5.01. The Morgan fingerprint density at radius 1 is 1.50 bits per heavy atom. The molecule has 0 bridgehead atoms. The van der Waals surface area contributed by atoms with Crippen LogP contribution in [0.15, 0.2) is 0 Å². The molecule has 4 heteroatoms. The van der Waals surface area contributed by atoms with E-state index in [0.29, 0.717) is 25.3 Å². The van der Waals surface area contributed by atoms with Gasteiger partial charge in [0.15, 0.2) is 0 Å². The van der Waals surface area contributed by atoms with Crippen LogP contribution < -0.4 is 0 Å². The molecule has 0 aromatic rings. The van der Waals surface area contributed by atoms with Crippen molar-refractivity contribution in [2.75, 3.05) is 6.54 Å².